The van der Waals surface area contributed by atoms with Crippen molar-refractivity contribution in [1.29, 1.82) is 0 Å². The Labute approximate surface area is 65.7 Å². The first kappa shape index (κ1) is 7.54. The van der Waals surface area contributed by atoms with Gasteiger partial charge < -0.3 is 0 Å². The van der Waals surface area contributed by atoms with Crippen molar-refractivity contribution in [3.05, 3.63) is 28.8 Å². The van der Waals surface area contributed by atoms with Gasteiger partial charge in [-0.1, -0.05) is 22.9 Å². The van der Waals surface area contributed by atoms with Gasteiger partial charge in [0.2, 0.25) is 0 Å². The highest BCUT2D eigenvalue weighted by molar-refractivity contribution is 6.33. The largest absolute Gasteiger partial charge is 0.0715 e. The zero-order chi connectivity index (χ0) is 7.72. The number of aryl methyl sites for hydroxylation is 2. The van der Waals surface area contributed by atoms with E-state index in [2.05, 4.69) is 43.1 Å². The molecular formula is C9H11Si. The van der Waals surface area contributed by atoms with Gasteiger partial charge in [0.15, 0.2) is 0 Å². The van der Waals surface area contributed by atoms with Crippen molar-refractivity contribution in [1.82, 2.24) is 0 Å². The minimum Gasteiger partial charge on any atom is -0.0640 e. The Kier molecular flexibility index (Phi) is 1.95. The molecule has 1 rings (SSSR count). The highest BCUT2D eigenvalue weighted by Gasteiger charge is 1.96. The highest BCUT2D eigenvalue weighted by Crippen LogP contribution is 2.05. The topological polar surface area (TPSA) is 0 Å². The standard InChI is InChI=1S/C9H11Si/c1-6-4-7(2)8(3)9(10)5-6/h4-5H,1-3H3. The fourth-order valence-electron chi connectivity index (χ4n) is 1.04. The molecule has 0 nitrogen and oxygen atoms in total. The van der Waals surface area contributed by atoms with Gasteiger partial charge in [0.05, 0.1) is 10.2 Å². The number of rotatable bonds is 0. The highest BCUT2D eigenvalue weighted by atomic mass is 28.1. The molecule has 0 atom stereocenters. The molecule has 0 aliphatic heterocycles. The lowest BCUT2D eigenvalue weighted by Crippen LogP contribution is -2.08. The van der Waals surface area contributed by atoms with Gasteiger partial charge in [-0.05, 0) is 31.9 Å². The third kappa shape index (κ3) is 1.29. The van der Waals surface area contributed by atoms with Gasteiger partial charge in [-0.15, -0.1) is 0 Å². The molecule has 1 aromatic carbocycles. The van der Waals surface area contributed by atoms with E-state index in [1.807, 2.05) is 0 Å². The van der Waals surface area contributed by atoms with E-state index >= 15 is 0 Å². The molecule has 0 aliphatic carbocycles. The summed E-state index contributed by atoms with van der Waals surface area (Å²) in [4.78, 5) is 0. The molecule has 3 radical (unpaired) electrons. The molecule has 0 aromatic heterocycles. The lowest BCUT2D eigenvalue weighted by atomic mass is 10.1. The minimum atomic E-state index is 1.21. The van der Waals surface area contributed by atoms with Crippen LogP contribution in [0.25, 0.3) is 0 Å². The summed E-state index contributed by atoms with van der Waals surface area (Å²) in [5.74, 6) is 0. The summed E-state index contributed by atoms with van der Waals surface area (Å²) in [6.45, 7) is 6.36. The fraction of sp³-hybridized carbons (Fsp3) is 0.333. The summed E-state index contributed by atoms with van der Waals surface area (Å²) in [5.41, 5.74) is 4.00. The van der Waals surface area contributed by atoms with E-state index in [9.17, 15) is 0 Å². The van der Waals surface area contributed by atoms with Gasteiger partial charge in [0, 0.05) is 0 Å². The third-order valence-corrected chi connectivity index (χ3v) is 2.33. The molecule has 0 aliphatic rings. The van der Waals surface area contributed by atoms with Crippen LogP contribution in [0.3, 0.4) is 0 Å². The third-order valence-electron chi connectivity index (χ3n) is 1.81. The average Bonchev–Trinajstić information content (AvgIpc) is 1.82. The molecule has 0 bridgehead atoms. The van der Waals surface area contributed by atoms with Gasteiger partial charge in [-0.3, -0.25) is 0 Å². The maximum atomic E-state index is 3.55. The van der Waals surface area contributed by atoms with E-state index in [1.165, 1.54) is 21.9 Å². The zero-order valence-electron chi connectivity index (χ0n) is 6.65. The van der Waals surface area contributed by atoms with E-state index < -0.39 is 0 Å². The van der Waals surface area contributed by atoms with Crippen LogP contribution in [0.4, 0.5) is 0 Å². The second-order valence-corrected chi connectivity index (χ2v) is 3.29. The van der Waals surface area contributed by atoms with Crippen LogP contribution in [-0.2, 0) is 0 Å². The molecule has 0 amide bonds. The second-order valence-electron chi connectivity index (χ2n) is 2.75. The summed E-state index contributed by atoms with van der Waals surface area (Å²) in [7, 11) is 3.55. The van der Waals surface area contributed by atoms with Gasteiger partial charge in [-0.25, -0.2) is 0 Å². The first-order valence-electron chi connectivity index (χ1n) is 3.40. The van der Waals surface area contributed by atoms with E-state index in [0.29, 0.717) is 0 Å². The van der Waals surface area contributed by atoms with Crippen molar-refractivity contribution in [2.45, 2.75) is 20.8 Å². The molecule has 10 heavy (non-hydrogen) atoms. The minimum absolute atomic E-state index is 1.21. The Balaban J connectivity index is 3.31. The normalized spacial score (nSPS) is 10.0. The van der Waals surface area contributed by atoms with Gasteiger partial charge in [0.25, 0.3) is 0 Å². The van der Waals surface area contributed by atoms with Crippen LogP contribution in [-0.4, -0.2) is 10.2 Å². The second kappa shape index (κ2) is 2.58. The fourth-order valence-corrected chi connectivity index (χ4v) is 1.46. The van der Waals surface area contributed by atoms with Gasteiger partial charge in [0.1, 0.15) is 0 Å². The lowest BCUT2D eigenvalue weighted by Gasteiger charge is -2.04. The molecule has 1 heteroatoms. The smallest absolute Gasteiger partial charge is 0.0640 e. The van der Waals surface area contributed by atoms with Crippen molar-refractivity contribution in [3.8, 4) is 0 Å². The molecule has 0 saturated carbocycles. The SMILES string of the molecule is Cc1cc(C)c(C)c([Si])c1. The van der Waals surface area contributed by atoms with Crippen LogP contribution in [0.1, 0.15) is 16.7 Å². The Morgan fingerprint density at radius 2 is 1.70 bits per heavy atom. The Bertz CT molecular complexity index is 228. The van der Waals surface area contributed by atoms with E-state index in [0.717, 1.165) is 0 Å². The van der Waals surface area contributed by atoms with Crippen LogP contribution >= 0.6 is 0 Å². The van der Waals surface area contributed by atoms with Crippen LogP contribution in [0, 0.1) is 20.8 Å². The average molecular weight is 147 g/mol. The molecule has 0 spiro atoms. The van der Waals surface area contributed by atoms with Gasteiger partial charge in [-0.2, -0.15) is 0 Å². The number of hydrogen-bond donors (Lipinski definition) is 0. The van der Waals surface area contributed by atoms with Crippen molar-refractivity contribution in [2.24, 2.45) is 0 Å². The molecule has 0 heterocycles. The lowest BCUT2D eigenvalue weighted by molar-refractivity contribution is 1.32. The van der Waals surface area contributed by atoms with E-state index in [4.69, 9.17) is 0 Å². The molecule has 1 aromatic rings. The maximum absolute atomic E-state index is 3.55. The number of hydrogen-bond acceptors (Lipinski definition) is 0. The summed E-state index contributed by atoms with van der Waals surface area (Å²) in [6, 6.07) is 4.33. The molecule has 0 unspecified atom stereocenters. The summed E-state index contributed by atoms with van der Waals surface area (Å²) in [5, 5.41) is 1.21. The Morgan fingerprint density at radius 3 is 2.20 bits per heavy atom. The van der Waals surface area contributed by atoms with Crippen molar-refractivity contribution in [3.63, 3.8) is 0 Å². The van der Waals surface area contributed by atoms with Gasteiger partial charge >= 0.3 is 0 Å². The Morgan fingerprint density at radius 1 is 1.10 bits per heavy atom. The van der Waals surface area contributed by atoms with E-state index in [-0.39, 0.29) is 0 Å². The number of benzene rings is 1. The van der Waals surface area contributed by atoms with E-state index in [1.54, 1.807) is 0 Å². The maximum Gasteiger partial charge on any atom is 0.0715 e. The van der Waals surface area contributed by atoms with Crippen molar-refractivity contribution >= 4 is 15.4 Å². The Hall–Kier alpha value is -0.563. The van der Waals surface area contributed by atoms with Crippen molar-refractivity contribution in [2.75, 3.05) is 0 Å². The van der Waals surface area contributed by atoms with Crippen LogP contribution in [0.5, 0.6) is 0 Å². The molecule has 0 saturated heterocycles. The van der Waals surface area contributed by atoms with Crippen LogP contribution < -0.4 is 5.19 Å². The molecule has 0 N–H and O–H groups in total. The molecule has 0 fully saturated rings. The first-order valence-corrected chi connectivity index (χ1v) is 3.90. The van der Waals surface area contributed by atoms with Crippen molar-refractivity contribution < 1.29 is 0 Å². The summed E-state index contributed by atoms with van der Waals surface area (Å²) >= 11 is 0. The zero-order valence-corrected chi connectivity index (χ0v) is 7.65. The molecular weight excluding hydrogens is 136 g/mol. The van der Waals surface area contributed by atoms with Crippen LogP contribution in [0.2, 0.25) is 0 Å². The molecule has 51 valence electrons. The first-order chi connectivity index (χ1) is 4.61. The monoisotopic (exact) mass is 147 g/mol. The predicted octanol–water partition coefficient (Wildman–Crippen LogP) is 1.41. The van der Waals surface area contributed by atoms with Crippen LogP contribution in [0.15, 0.2) is 12.1 Å². The predicted molar refractivity (Wildman–Crippen MR) is 46.0 cm³/mol. The quantitative estimate of drug-likeness (QED) is 0.487. The summed E-state index contributed by atoms with van der Waals surface area (Å²) < 4.78 is 0. The summed E-state index contributed by atoms with van der Waals surface area (Å²) in [6.07, 6.45) is 0.